The van der Waals surface area contributed by atoms with E-state index in [4.69, 9.17) is 10.5 Å². The van der Waals surface area contributed by atoms with Gasteiger partial charge in [0.15, 0.2) is 5.82 Å². The first-order chi connectivity index (χ1) is 10.2. The molecule has 0 aliphatic rings. The fourth-order valence-corrected chi connectivity index (χ4v) is 1.80. The lowest BCUT2D eigenvalue weighted by atomic mass is 10.3. The molecule has 0 saturated heterocycles. The average Bonchev–Trinajstić information content (AvgIpc) is 2.88. The first kappa shape index (κ1) is 14.8. The Labute approximate surface area is 122 Å². The first-order valence-electron chi connectivity index (χ1n) is 6.67. The molecule has 1 heterocycles. The van der Waals surface area contributed by atoms with Crippen LogP contribution in [-0.4, -0.2) is 34.7 Å². The number of unbranched alkanes of at least 4 members (excludes halogenated alkanes) is 1. The zero-order valence-electron chi connectivity index (χ0n) is 11.9. The smallest absolute Gasteiger partial charge is 0.362 e. The molecule has 7 heteroatoms. The second-order valence-corrected chi connectivity index (χ2v) is 4.41. The highest BCUT2D eigenvalue weighted by Gasteiger charge is 2.17. The maximum Gasteiger partial charge on any atom is 0.362 e. The van der Waals surface area contributed by atoms with E-state index in [-0.39, 0.29) is 11.5 Å². The van der Waals surface area contributed by atoms with E-state index in [9.17, 15) is 4.79 Å². The van der Waals surface area contributed by atoms with E-state index in [1.54, 1.807) is 0 Å². The van der Waals surface area contributed by atoms with Crippen LogP contribution >= 0.6 is 0 Å². The second-order valence-electron chi connectivity index (χ2n) is 4.41. The van der Waals surface area contributed by atoms with Crippen molar-refractivity contribution < 1.29 is 14.3 Å². The minimum absolute atomic E-state index is 0.0537. The summed E-state index contributed by atoms with van der Waals surface area (Å²) in [5.41, 5.74) is 5.85. The Morgan fingerprint density at radius 1 is 1.29 bits per heavy atom. The lowest BCUT2D eigenvalue weighted by Gasteiger charge is -2.06. The summed E-state index contributed by atoms with van der Waals surface area (Å²) >= 11 is 0. The summed E-state index contributed by atoms with van der Waals surface area (Å²) in [5.74, 6) is 0.503. The van der Waals surface area contributed by atoms with E-state index in [2.05, 4.69) is 15.0 Å². The Bertz CT molecular complexity index is 583. The van der Waals surface area contributed by atoms with Crippen LogP contribution in [0.1, 0.15) is 23.3 Å². The van der Waals surface area contributed by atoms with Gasteiger partial charge in [0.05, 0.1) is 13.7 Å². The van der Waals surface area contributed by atoms with E-state index in [1.165, 1.54) is 11.8 Å². The molecule has 0 unspecified atom stereocenters. The van der Waals surface area contributed by atoms with Gasteiger partial charge in [-0.1, -0.05) is 23.4 Å². The Morgan fingerprint density at radius 3 is 2.76 bits per heavy atom. The molecule has 2 N–H and O–H groups in total. The Morgan fingerprint density at radius 2 is 2.05 bits per heavy atom. The van der Waals surface area contributed by atoms with Crippen LogP contribution in [0, 0.1) is 0 Å². The van der Waals surface area contributed by atoms with Crippen LogP contribution in [0.3, 0.4) is 0 Å². The normalized spacial score (nSPS) is 10.3. The van der Waals surface area contributed by atoms with Gasteiger partial charge in [0.1, 0.15) is 5.75 Å². The number of esters is 1. The molecule has 2 aromatic rings. The number of nitrogens with zero attached hydrogens (tertiary/aromatic N) is 3. The van der Waals surface area contributed by atoms with E-state index in [0.717, 1.165) is 18.6 Å². The molecule has 112 valence electrons. The molecular formula is C14H18N4O3. The Hall–Kier alpha value is -2.57. The molecule has 0 radical (unpaired) electrons. The van der Waals surface area contributed by atoms with E-state index in [0.29, 0.717) is 13.2 Å². The van der Waals surface area contributed by atoms with Crippen molar-refractivity contribution in [3.8, 4) is 5.75 Å². The van der Waals surface area contributed by atoms with Crippen molar-refractivity contribution >= 4 is 11.8 Å². The van der Waals surface area contributed by atoms with Gasteiger partial charge in [-0.15, -0.1) is 5.10 Å². The van der Waals surface area contributed by atoms with Crippen LogP contribution in [0.15, 0.2) is 30.3 Å². The maximum absolute atomic E-state index is 11.3. The van der Waals surface area contributed by atoms with Crippen molar-refractivity contribution in [2.75, 3.05) is 19.5 Å². The van der Waals surface area contributed by atoms with Gasteiger partial charge in [-0.05, 0) is 25.0 Å². The van der Waals surface area contributed by atoms with Crippen molar-refractivity contribution in [2.24, 2.45) is 0 Å². The van der Waals surface area contributed by atoms with Crippen molar-refractivity contribution in [3.05, 3.63) is 36.0 Å². The number of nitrogens with two attached hydrogens (primary N) is 1. The Kier molecular flexibility index (Phi) is 5.14. The predicted molar refractivity (Wildman–Crippen MR) is 76.9 cm³/mol. The molecule has 0 atom stereocenters. The van der Waals surface area contributed by atoms with Gasteiger partial charge in [0.2, 0.25) is 5.69 Å². The molecule has 1 aromatic heterocycles. The molecule has 21 heavy (non-hydrogen) atoms. The summed E-state index contributed by atoms with van der Waals surface area (Å²) in [6.07, 6.45) is 1.67. The molecular weight excluding hydrogens is 272 g/mol. The molecule has 0 aliphatic carbocycles. The third-order valence-electron chi connectivity index (χ3n) is 2.93. The number of benzene rings is 1. The number of hydrogen-bond donors (Lipinski definition) is 1. The number of aromatic nitrogens is 3. The summed E-state index contributed by atoms with van der Waals surface area (Å²) in [6.45, 7) is 1.19. The molecule has 0 bridgehead atoms. The van der Waals surface area contributed by atoms with Crippen molar-refractivity contribution in [2.45, 2.75) is 19.4 Å². The second kappa shape index (κ2) is 7.28. The number of methoxy groups -OCH3 is 1. The van der Waals surface area contributed by atoms with E-state index >= 15 is 0 Å². The average molecular weight is 290 g/mol. The summed E-state index contributed by atoms with van der Waals surface area (Å²) in [6, 6.07) is 9.63. The zero-order valence-corrected chi connectivity index (χ0v) is 11.9. The van der Waals surface area contributed by atoms with Gasteiger partial charge in [0, 0.05) is 6.54 Å². The third kappa shape index (κ3) is 3.95. The van der Waals surface area contributed by atoms with Gasteiger partial charge in [-0.3, -0.25) is 0 Å². The lowest BCUT2D eigenvalue weighted by Crippen LogP contribution is -2.09. The Balaban J connectivity index is 1.74. The number of nitrogen functional groups attached to an aromatic ring is 1. The highest BCUT2D eigenvalue weighted by Crippen LogP contribution is 2.11. The van der Waals surface area contributed by atoms with Gasteiger partial charge < -0.3 is 15.2 Å². The number of anilines is 1. The van der Waals surface area contributed by atoms with Gasteiger partial charge in [-0.2, -0.15) is 0 Å². The fourth-order valence-electron chi connectivity index (χ4n) is 1.80. The molecule has 0 aliphatic heterocycles. The summed E-state index contributed by atoms with van der Waals surface area (Å²) in [4.78, 5) is 11.3. The molecule has 0 saturated carbocycles. The maximum atomic E-state index is 11.3. The van der Waals surface area contributed by atoms with Crippen LogP contribution in [0.5, 0.6) is 5.75 Å². The number of hydrogen-bond acceptors (Lipinski definition) is 6. The number of rotatable bonds is 7. The fraction of sp³-hybridized carbons (Fsp3) is 0.357. The number of carbonyl (C=O) groups is 1. The third-order valence-corrected chi connectivity index (χ3v) is 2.93. The van der Waals surface area contributed by atoms with Gasteiger partial charge in [0.25, 0.3) is 0 Å². The van der Waals surface area contributed by atoms with Crippen LogP contribution in [-0.2, 0) is 11.3 Å². The SMILES string of the molecule is COC(=O)c1nnn(CCCCOc2ccccc2)c1N. The number of ether oxygens (including phenoxy) is 2. The number of carbonyl (C=O) groups excluding carboxylic acids is 1. The van der Waals surface area contributed by atoms with Crippen molar-refractivity contribution in [3.63, 3.8) is 0 Å². The molecule has 2 rings (SSSR count). The summed E-state index contributed by atoms with van der Waals surface area (Å²) in [5, 5.41) is 7.56. The number of para-hydroxylation sites is 1. The number of aryl methyl sites for hydroxylation is 1. The van der Waals surface area contributed by atoms with Crippen molar-refractivity contribution in [1.82, 2.24) is 15.0 Å². The molecule has 7 nitrogen and oxygen atoms in total. The molecule has 0 amide bonds. The highest BCUT2D eigenvalue weighted by atomic mass is 16.5. The molecule has 0 spiro atoms. The van der Waals surface area contributed by atoms with Gasteiger partial charge in [-0.25, -0.2) is 9.48 Å². The lowest BCUT2D eigenvalue weighted by molar-refractivity contribution is 0.0595. The standard InChI is InChI=1S/C14H18N4O3/c1-20-14(19)12-13(15)18(17-16-12)9-5-6-10-21-11-7-3-2-4-8-11/h2-4,7-8H,5-6,9-10,15H2,1H3. The monoisotopic (exact) mass is 290 g/mol. The van der Waals surface area contributed by atoms with Crippen LogP contribution < -0.4 is 10.5 Å². The first-order valence-corrected chi connectivity index (χ1v) is 6.67. The summed E-state index contributed by atoms with van der Waals surface area (Å²) in [7, 11) is 1.28. The zero-order chi connectivity index (χ0) is 15.1. The van der Waals surface area contributed by atoms with Crippen LogP contribution in [0.4, 0.5) is 5.82 Å². The minimum Gasteiger partial charge on any atom is -0.494 e. The largest absolute Gasteiger partial charge is 0.494 e. The highest BCUT2D eigenvalue weighted by molar-refractivity contribution is 5.91. The quantitative estimate of drug-likeness (QED) is 0.613. The van der Waals surface area contributed by atoms with Crippen molar-refractivity contribution in [1.29, 1.82) is 0 Å². The van der Waals surface area contributed by atoms with Crippen LogP contribution in [0.2, 0.25) is 0 Å². The summed E-state index contributed by atoms with van der Waals surface area (Å²) < 4.78 is 11.6. The van der Waals surface area contributed by atoms with Gasteiger partial charge >= 0.3 is 5.97 Å². The van der Waals surface area contributed by atoms with E-state index < -0.39 is 5.97 Å². The minimum atomic E-state index is -0.578. The topological polar surface area (TPSA) is 92.3 Å². The predicted octanol–water partition coefficient (Wildman–Crippen LogP) is 1.51. The molecule has 0 fully saturated rings. The van der Waals surface area contributed by atoms with E-state index in [1.807, 2.05) is 30.3 Å². The molecule has 1 aromatic carbocycles. The van der Waals surface area contributed by atoms with Crippen LogP contribution in [0.25, 0.3) is 0 Å².